The largest absolute Gasteiger partial charge is 0.497 e. The van der Waals surface area contributed by atoms with Crippen molar-refractivity contribution in [2.45, 2.75) is 25.7 Å². The van der Waals surface area contributed by atoms with Crippen LogP contribution in [0.3, 0.4) is 0 Å². The van der Waals surface area contributed by atoms with Gasteiger partial charge in [-0.05, 0) is 61.3 Å². The summed E-state index contributed by atoms with van der Waals surface area (Å²) in [7, 11) is 1.71. The van der Waals surface area contributed by atoms with Crippen molar-refractivity contribution in [2.24, 2.45) is 17.8 Å². The number of nitrogens with one attached hydrogen (secondary N) is 1. The highest BCUT2D eigenvalue weighted by atomic mass is 16.5. The summed E-state index contributed by atoms with van der Waals surface area (Å²) < 4.78 is 5.16. The molecule has 92 valence electrons. The molecule has 0 aromatic heterocycles. The summed E-state index contributed by atoms with van der Waals surface area (Å²) >= 11 is 0. The summed E-state index contributed by atoms with van der Waals surface area (Å²) in [4.78, 5) is 0. The third-order valence-corrected chi connectivity index (χ3v) is 4.54. The Hall–Kier alpha value is -1.18. The lowest BCUT2D eigenvalue weighted by Crippen LogP contribution is -2.20. The number of rotatable bonds is 4. The van der Waals surface area contributed by atoms with Gasteiger partial charge in [0, 0.05) is 12.2 Å². The molecular formula is C15H21NO. The van der Waals surface area contributed by atoms with Gasteiger partial charge in [0.15, 0.2) is 0 Å². The fraction of sp³-hybridized carbons (Fsp3) is 0.600. The van der Waals surface area contributed by atoms with E-state index in [0.717, 1.165) is 30.0 Å². The molecular weight excluding hydrogens is 210 g/mol. The average molecular weight is 231 g/mol. The Balaban J connectivity index is 1.53. The van der Waals surface area contributed by atoms with Crippen LogP contribution < -0.4 is 10.1 Å². The van der Waals surface area contributed by atoms with Crippen molar-refractivity contribution in [3.63, 3.8) is 0 Å². The summed E-state index contributed by atoms with van der Waals surface area (Å²) in [5, 5.41) is 3.57. The van der Waals surface area contributed by atoms with Gasteiger partial charge in [-0.1, -0.05) is 6.42 Å². The van der Waals surface area contributed by atoms with E-state index >= 15 is 0 Å². The van der Waals surface area contributed by atoms with Gasteiger partial charge in [-0.15, -0.1) is 0 Å². The van der Waals surface area contributed by atoms with E-state index in [2.05, 4.69) is 17.4 Å². The molecule has 2 aliphatic rings. The number of hydrogen-bond donors (Lipinski definition) is 1. The van der Waals surface area contributed by atoms with Gasteiger partial charge in [-0.3, -0.25) is 0 Å². The lowest BCUT2D eigenvalue weighted by atomic mass is 9.89. The van der Waals surface area contributed by atoms with Gasteiger partial charge in [0.25, 0.3) is 0 Å². The molecule has 2 heteroatoms. The number of hydrogen-bond acceptors (Lipinski definition) is 2. The maximum Gasteiger partial charge on any atom is 0.119 e. The van der Waals surface area contributed by atoms with Crippen LogP contribution in [0.1, 0.15) is 25.7 Å². The standard InChI is InChI=1S/C15H21NO/c1-17-15-6-4-14(5-7-15)16-10-13-9-11-2-3-12(13)8-11/h4-7,11-13,16H,2-3,8-10H2,1H3/t11-,12-,13+/m1/s1. The zero-order valence-electron chi connectivity index (χ0n) is 10.5. The molecule has 0 radical (unpaired) electrons. The van der Waals surface area contributed by atoms with Crippen molar-refractivity contribution in [1.29, 1.82) is 0 Å². The van der Waals surface area contributed by atoms with E-state index in [1.54, 1.807) is 7.11 Å². The fourth-order valence-corrected chi connectivity index (χ4v) is 3.58. The van der Waals surface area contributed by atoms with E-state index in [4.69, 9.17) is 4.74 Å². The van der Waals surface area contributed by atoms with Crippen LogP contribution in [0.15, 0.2) is 24.3 Å². The molecule has 2 nitrogen and oxygen atoms in total. The summed E-state index contributed by atoms with van der Waals surface area (Å²) in [6.07, 6.45) is 5.91. The van der Waals surface area contributed by atoms with Gasteiger partial charge in [-0.25, -0.2) is 0 Å². The first-order valence-corrected chi connectivity index (χ1v) is 6.73. The predicted octanol–water partition coefficient (Wildman–Crippen LogP) is 3.54. The van der Waals surface area contributed by atoms with Crippen LogP contribution in [-0.4, -0.2) is 13.7 Å². The van der Waals surface area contributed by atoms with Crippen molar-refractivity contribution in [1.82, 2.24) is 0 Å². The minimum absolute atomic E-state index is 0.913. The van der Waals surface area contributed by atoms with Crippen LogP contribution in [0, 0.1) is 17.8 Å². The molecule has 0 saturated heterocycles. The Morgan fingerprint density at radius 1 is 1.18 bits per heavy atom. The van der Waals surface area contributed by atoms with Crippen LogP contribution in [0.2, 0.25) is 0 Å². The van der Waals surface area contributed by atoms with Gasteiger partial charge in [0.05, 0.1) is 7.11 Å². The molecule has 17 heavy (non-hydrogen) atoms. The molecule has 2 aliphatic carbocycles. The second-order valence-electron chi connectivity index (χ2n) is 5.54. The number of benzene rings is 1. The molecule has 0 aliphatic heterocycles. The van der Waals surface area contributed by atoms with E-state index in [-0.39, 0.29) is 0 Å². The Labute approximate surface area is 103 Å². The summed E-state index contributed by atoms with van der Waals surface area (Å²) in [5.74, 6) is 3.89. The highest BCUT2D eigenvalue weighted by Gasteiger charge is 2.38. The van der Waals surface area contributed by atoms with Crippen molar-refractivity contribution in [3.8, 4) is 5.75 Å². The molecule has 0 spiro atoms. The van der Waals surface area contributed by atoms with Gasteiger partial charge >= 0.3 is 0 Å². The minimum atomic E-state index is 0.913. The zero-order chi connectivity index (χ0) is 11.7. The zero-order valence-corrected chi connectivity index (χ0v) is 10.5. The third-order valence-electron chi connectivity index (χ3n) is 4.54. The smallest absolute Gasteiger partial charge is 0.119 e. The third kappa shape index (κ3) is 2.26. The number of ether oxygens (including phenoxy) is 1. The molecule has 0 amide bonds. The van der Waals surface area contributed by atoms with Gasteiger partial charge in [-0.2, -0.15) is 0 Å². The maximum absolute atomic E-state index is 5.16. The highest BCUT2D eigenvalue weighted by Crippen LogP contribution is 2.48. The molecule has 2 bridgehead atoms. The molecule has 1 N–H and O–H groups in total. The van der Waals surface area contributed by atoms with E-state index in [1.165, 1.54) is 31.4 Å². The highest BCUT2D eigenvalue weighted by molar-refractivity contribution is 5.46. The Morgan fingerprint density at radius 2 is 2.00 bits per heavy atom. The fourth-order valence-electron chi connectivity index (χ4n) is 3.58. The average Bonchev–Trinajstić information content (AvgIpc) is 2.99. The monoisotopic (exact) mass is 231 g/mol. The first-order valence-electron chi connectivity index (χ1n) is 6.73. The molecule has 2 fully saturated rings. The molecule has 3 atom stereocenters. The topological polar surface area (TPSA) is 21.3 Å². The summed E-state index contributed by atoms with van der Waals surface area (Å²) in [5.41, 5.74) is 1.22. The van der Waals surface area contributed by atoms with Crippen molar-refractivity contribution in [3.05, 3.63) is 24.3 Å². The summed E-state index contributed by atoms with van der Waals surface area (Å²) in [6, 6.07) is 8.24. The summed E-state index contributed by atoms with van der Waals surface area (Å²) in [6.45, 7) is 1.15. The normalized spacial score (nSPS) is 30.5. The Kier molecular flexibility index (Phi) is 2.96. The van der Waals surface area contributed by atoms with Crippen LogP contribution in [0.25, 0.3) is 0 Å². The van der Waals surface area contributed by atoms with Crippen LogP contribution in [0.5, 0.6) is 5.75 Å². The molecule has 1 aromatic rings. The number of methoxy groups -OCH3 is 1. The van der Waals surface area contributed by atoms with Crippen molar-refractivity contribution in [2.75, 3.05) is 19.0 Å². The SMILES string of the molecule is COc1ccc(NC[C@@H]2C[C@@H]3CC[C@@H]2C3)cc1. The van der Waals surface area contributed by atoms with Crippen LogP contribution >= 0.6 is 0 Å². The van der Waals surface area contributed by atoms with E-state index in [1.807, 2.05) is 12.1 Å². The van der Waals surface area contributed by atoms with Crippen LogP contribution in [-0.2, 0) is 0 Å². The molecule has 0 heterocycles. The Bertz CT molecular complexity index is 373. The minimum Gasteiger partial charge on any atom is -0.497 e. The number of anilines is 1. The number of fused-ring (bicyclic) bond motifs is 2. The molecule has 1 aromatic carbocycles. The lowest BCUT2D eigenvalue weighted by molar-refractivity contribution is 0.348. The van der Waals surface area contributed by atoms with Crippen molar-refractivity contribution >= 4 is 5.69 Å². The molecule has 3 rings (SSSR count). The lowest BCUT2D eigenvalue weighted by Gasteiger charge is -2.22. The van der Waals surface area contributed by atoms with E-state index < -0.39 is 0 Å². The first-order chi connectivity index (χ1) is 8.35. The predicted molar refractivity (Wildman–Crippen MR) is 70.4 cm³/mol. The second kappa shape index (κ2) is 4.59. The first kappa shape index (κ1) is 10.9. The van der Waals surface area contributed by atoms with Gasteiger partial charge in [0.2, 0.25) is 0 Å². The van der Waals surface area contributed by atoms with Gasteiger partial charge in [0.1, 0.15) is 5.75 Å². The quantitative estimate of drug-likeness (QED) is 0.855. The van der Waals surface area contributed by atoms with Crippen molar-refractivity contribution < 1.29 is 4.74 Å². The van der Waals surface area contributed by atoms with Crippen LogP contribution in [0.4, 0.5) is 5.69 Å². The molecule has 2 saturated carbocycles. The Morgan fingerprint density at radius 3 is 2.59 bits per heavy atom. The maximum atomic E-state index is 5.16. The van der Waals surface area contributed by atoms with E-state index in [0.29, 0.717) is 0 Å². The second-order valence-corrected chi connectivity index (χ2v) is 5.54. The molecule has 0 unspecified atom stereocenters. The van der Waals surface area contributed by atoms with E-state index in [9.17, 15) is 0 Å². The van der Waals surface area contributed by atoms with Gasteiger partial charge < -0.3 is 10.1 Å².